The van der Waals surface area contributed by atoms with Gasteiger partial charge in [0.25, 0.3) is 0 Å². The second kappa shape index (κ2) is 5.99. The molecule has 1 fully saturated rings. The van der Waals surface area contributed by atoms with Gasteiger partial charge in [0, 0.05) is 12.3 Å². The average molecular weight is 274 g/mol. The molecule has 2 nitrogen and oxygen atoms in total. The molecule has 1 N–H and O–H groups in total. The standard InChI is InChI=1S/C18H26O2/c1-18(2,3)15-9-7-14(8-10-15)17(20)12-13-5-4-6-16(19)11-13/h4-6,11,14-15,19H,7-10,12H2,1-3H3. The van der Waals surface area contributed by atoms with Crippen LogP contribution in [-0.2, 0) is 11.2 Å². The molecule has 1 aromatic carbocycles. The van der Waals surface area contributed by atoms with Crippen LogP contribution in [0.25, 0.3) is 0 Å². The second-order valence-corrected chi connectivity index (χ2v) is 7.23. The first-order chi connectivity index (χ1) is 9.36. The summed E-state index contributed by atoms with van der Waals surface area (Å²) < 4.78 is 0. The third-order valence-corrected chi connectivity index (χ3v) is 4.70. The SMILES string of the molecule is CC(C)(C)C1CCC(C(=O)Cc2cccc(O)c2)CC1. The Bertz CT molecular complexity index is 463. The number of ketones is 1. The van der Waals surface area contributed by atoms with Gasteiger partial charge in [0.15, 0.2) is 0 Å². The number of carbonyl (C=O) groups excluding carboxylic acids is 1. The maximum atomic E-state index is 12.4. The molecular weight excluding hydrogens is 248 g/mol. The Morgan fingerprint density at radius 1 is 1.20 bits per heavy atom. The summed E-state index contributed by atoms with van der Waals surface area (Å²) in [5.74, 6) is 1.54. The molecule has 20 heavy (non-hydrogen) atoms. The van der Waals surface area contributed by atoms with E-state index < -0.39 is 0 Å². The summed E-state index contributed by atoms with van der Waals surface area (Å²) in [4.78, 5) is 12.4. The first kappa shape index (κ1) is 15.1. The van der Waals surface area contributed by atoms with Crippen molar-refractivity contribution in [3.8, 4) is 5.75 Å². The van der Waals surface area contributed by atoms with Crippen molar-refractivity contribution in [1.82, 2.24) is 0 Å². The van der Waals surface area contributed by atoms with Gasteiger partial charge in [-0.3, -0.25) is 4.79 Å². The van der Waals surface area contributed by atoms with Crippen LogP contribution < -0.4 is 0 Å². The van der Waals surface area contributed by atoms with E-state index in [9.17, 15) is 9.90 Å². The van der Waals surface area contributed by atoms with E-state index in [4.69, 9.17) is 0 Å². The highest BCUT2D eigenvalue weighted by Crippen LogP contribution is 2.40. The van der Waals surface area contributed by atoms with Gasteiger partial charge in [-0.25, -0.2) is 0 Å². The van der Waals surface area contributed by atoms with E-state index in [2.05, 4.69) is 20.8 Å². The van der Waals surface area contributed by atoms with Crippen LogP contribution in [0.3, 0.4) is 0 Å². The van der Waals surface area contributed by atoms with Crippen molar-refractivity contribution in [2.45, 2.75) is 52.9 Å². The van der Waals surface area contributed by atoms with Crippen molar-refractivity contribution in [3.05, 3.63) is 29.8 Å². The van der Waals surface area contributed by atoms with Gasteiger partial charge in [0.2, 0.25) is 0 Å². The third-order valence-electron chi connectivity index (χ3n) is 4.70. The summed E-state index contributed by atoms with van der Waals surface area (Å²) in [5, 5.41) is 9.45. The molecule has 2 rings (SSSR count). The molecule has 0 saturated heterocycles. The van der Waals surface area contributed by atoms with Crippen molar-refractivity contribution < 1.29 is 9.90 Å². The largest absolute Gasteiger partial charge is 0.508 e. The lowest BCUT2D eigenvalue weighted by Crippen LogP contribution is -2.29. The Hall–Kier alpha value is -1.31. The quantitative estimate of drug-likeness (QED) is 0.889. The molecule has 110 valence electrons. The number of hydrogen-bond donors (Lipinski definition) is 1. The minimum atomic E-state index is 0.218. The minimum Gasteiger partial charge on any atom is -0.508 e. The Balaban J connectivity index is 1.89. The minimum absolute atomic E-state index is 0.218. The monoisotopic (exact) mass is 274 g/mol. The van der Waals surface area contributed by atoms with Gasteiger partial charge in [-0.05, 0) is 54.7 Å². The molecule has 1 aliphatic carbocycles. The molecule has 0 atom stereocenters. The summed E-state index contributed by atoms with van der Waals surface area (Å²) in [6, 6.07) is 7.05. The van der Waals surface area contributed by atoms with Crippen molar-refractivity contribution in [1.29, 1.82) is 0 Å². The van der Waals surface area contributed by atoms with Crippen LogP contribution in [0.2, 0.25) is 0 Å². The van der Waals surface area contributed by atoms with Crippen LogP contribution in [0, 0.1) is 17.3 Å². The van der Waals surface area contributed by atoms with Crippen LogP contribution in [0.4, 0.5) is 0 Å². The molecule has 1 saturated carbocycles. The lowest BCUT2D eigenvalue weighted by Gasteiger charge is -2.36. The molecule has 2 heteroatoms. The van der Waals surface area contributed by atoms with Crippen molar-refractivity contribution >= 4 is 5.78 Å². The normalized spacial score (nSPS) is 23.6. The zero-order valence-corrected chi connectivity index (χ0v) is 12.9. The molecule has 0 bridgehead atoms. The first-order valence-electron chi connectivity index (χ1n) is 7.67. The number of phenolic OH excluding ortho intramolecular Hbond substituents is 1. The van der Waals surface area contributed by atoms with Gasteiger partial charge in [0.1, 0.15) is 11.5 Å². The summed E-state index contributed by atoms with van der Waals surface area (Å²) in [7, 11) is 0. The first-order valence-corrected chi connectivity index (χ1v) is 7.67. The summed E-state index contributed by atoms with van der Waals surface area (Å²) in [5.41, 5.74) is 1.28. The highest BCUT2D eigenvalue weighted by atomic mass is 16.3. The average Bonchev–Trinajstić information content (AvgIpc) is 2.38. The summed E-state index contributed by atoms with van der Waals surface area (Å²) in [6.45, 7) is 6.89. The second-order valence-electron chi connectivity index (χ2n) is 7.23. The third kappa shape index (κ3) is 3.84. The van der Waals surface area contributed by atoms with E-state index in [0.717, 1.165) is 24.3 Å². The van der Waals surface area contributed by atoms with E-state index in [-0.39, 0.29) is 11.7 Å². The molecular formula is C18H26O2. The van der Waals surface area contributed by atoms with Gasteiger partial charge in [-0.15, -0.1) is 0 Å². The summed E-state index contributed by atoms with van der Waals surface area (Å²) >= 11 is 0. The number of carbonyl (C=O) groups is 1. The van der Waals surface area contributed by atoms with Crippen LogP contribution in [0.1, 0.15) is 52.0 Å². The molecule has 1 aromatic rings. The fraction of sp³-hybridized carbons (Fsp3) is 0.611. The highest BCUT2D eigenvalue weighted by Gasteiger charge is 2.32. The molecule has 0 radical (unpaired) electrons. The number of phenols is 1. The van der Waals surface area contributed by atoms with Crippen LogP contribution in [-0.4, -0.2) is 10.9 Å². The highest BCUT2D eigenvalue weighted by molar-refractivity contribution is 5.83. The van der Waals surface area contributed by atoms with E-state index in [1.807, 2.05) is 6.07 Å². The maximum absolute atomic E-state index is 12.4. The van der Waals surface area contributed by atoms with Crippen LogP contribution in [0.5, 0.6) is 5.75 Å². The lowest BCUT2D eigenvalue weighted by atomic mass is 9.69. The zero-order valence-electron chi connectivity index (χ0n) is 12.9. The van der Waals surface area contributed by atoms with Gasteiger partial charge in [0.05, 0.1) is 0 Å². The lowest BCUT2D eigenvalue weighted by molar-refractivity contribution is -0.123. The zero-order chi connectivity index (χ0) is 14.8. The topological polar surface area (TPSA) is 37.3 Å². The van der Waals surface area contributed by atoms with Crippen LogP contribution >= 0.6 is 0 Å². The Kier molecular flexibility index (Phi) is 4.52. The number of aromatic hydroxyl groups is 1. The van der Waals surface area contributed by atoms with Crippen LogP contribution in [0.15, 0.2) is 24.3 Å². The van der Waals surface area contributed by atoms with E-state index in [1.54, 1.807) is 18.2 Å². The number of hydrogen-bond acceptors (Lipinski definition) is 2. The van der Waals surface area contributed by atoms with E-state index in [1.165, 1.54) is 12.8 Å². The smallest absolute Gasteiger partial charge is 0.140 e. The molecule has 0 spiro atoms. The van der Waals surface area contributed by atoms with E-state index in [0.29, 0.717) is 17.6 Å². The predicted molar refractivity (Wildman–Crippen MR) is 81.7 cm³/mol. The molecule has 0 unspecified atom stereocenters. The fourth-order valence-corrected chi connectivity index (χ4v) is 3.29. The van der Waals surface area contributed by atoms with Gasteiger partial charge in [-0.2, -0.15) is 0 Å². The molecule has 0 aromatic heterocycles. The van der Waals surface area contributed by atoms with E-state index >= 15 is 0 Å². The van der Waals surface area contributed by atoms with Gasteiger partial charge < -0.3 is 5.11 Å². The molecule has 0 aliphatic heterocycles. The molecule has 1 aliphatic rings. The number of Topliss-reactive ketones (excluding diaryl/α,β-unsaturated/α-hetero) is 1. The molecule has 0 heterocycles. The molecule has 0 amide bonds. The predicted octanol–water partition coefficient (Wildman–Crippen LogP) is 4.36. The van der Waals surface area contributed by atoms with Crippen molar-refractivity contribution in [2.75, 3.05) is 0 Å². The Morgan fingerprint density at radius 2 is 1.85 bits per heavy atom. The fourth-order valence-electron chi connectivity index (χ4n) is 3.29. The van der Waals surface area contributed by atoms with Gasteiger partial charge in [-0.1, -0.05) is 32.9 Å². The van der Waals surface area contributed by atoms with Crippen molar-refractivity contribution in [2.24, 2.45) is 17.3 Å². The Morgan fingerprint density at radius 3 is 2.40 bits per heavy atom. The van der Waals surface area contributed by atoms with Crippen molar-refractivity contribution in [3.63, 3.8) is 0 Å². The number of rotatable bonds is 3. The Labute approximate surface area is 122 Å². The maximum Gasteiger partial charge on any atom is 0.140 e. The van der Waals surface area contributed by atoms with Gasteiger partial charge >= 0.3 is 0 Å². The summed E-state index contributed by atoms with van der Waals surface area (Å²) in [6.07, 6.45) is 4.85. The number of benzene rings is 1.